The molecule has 0 radical (unpaired) electrons. The Balaban J connectivity index is 3.38. The number of anilines is 1. The van der Waals surface area contributed by atoms with Crippen molar-refractivity contribution < 1.29 is 13.2 Å². The number of aryl methyl sites for hydroxylation is 1. The molecule has 7 heteroatoms. The molecular formula is C12H19N3O3S. The Hall–Kier alpha value is -1.60. The molecule has 1 rings (SSSR count). The summed E-state index contributed by atoms with van der Waals surface area (Å²) < 4.78 is 27.0. The largest absolute Gasteiger partial charge is 0.398 e. The Morgan fingerprint density at radius 1 is 1.26 bits per heavy atom. The van der Waals surface area contributed by atoms with Gasteiger partial charge < -0.3 is 11.5 Å². The molecular weight excluding hydrogens is 266 g/mol. The Bertz CT molecular complexity index is 621. The minimum absolute atomic E-state index is 0.0122. The van der Waals surface area contributed by atoms with Gasteiger partial charge in [0.25, 0.3) is 0 Å². The quantitative estimate of drug-likeness (QED) is 0.695. The third-order valence-corrected chi connectivity index (χ3v) is 4.84. The lowest BCUT2D eigenvalue weighted by Crippen LogP contribution is -2.53. The second-order valence-electron chi connectivity index (χ2n) is 5.02. The topological polar surface area (TPSA) is 115 Å². The fourth-order valence-corrected chi connectivity index (χ4v) is 3.42. The number of carbonyl (C=O) groups excluding carboxylic acids is 1. The molecule has 1 aromatic carbocycles. The van der Waals surface area contributed by atoms with E-state index in [1.165, 1.54) is 19.9 Å². The van der Waals surface area contributed by atoms with Crippen LogP contribution < -0.4 is 16.2 Å². The molecule has 0 saturated heterocycles. The van der Waals surface area contributed by atoms with Gasteiger partial charge in [0.05, 0.1) is 5.69 Å². The minimum Gasteiger partial charge on any atom is -0.398 e. The van der Waals surface area contributed by atoms with Gasteiger partial charge in [-0.2, -0.15) is 4.72 Å². The van der Waals surface area contributed by atoms with Crippen molar-refractivity contribution in [2.45, 2.75) is 38.1 Å². The van der Waals surface area contributed by atoms with Gasteiger partial charge >= 0.3 is 0 Å². The fourth-order valence-electron chi connectivity index (χ4n) is 1.60. The highest BCUT2D eigenvalue weighted by Gasteiger charge is 2.33. The molecule has 0 saturated carbocycles. The van der Waals surface area contributed by atoms with Crippen molar-refractivity contribution in [2.24, 2.45) is 5.73 Å². The third-order valence-electron chi connectivity index (χ3n) is 2.98. The van der Waals surface area contributed by atoms with Gasteiger partial charge in [-0.05, 0) is 44.9 Å². The summed E-state index contributed by atoms with van der Waals surface area (Å²) in [6.07, 6.45) is 0. The summed E-state index contributed by atoms with van der Waals surface area (Å²) in [5.41, 5.74) is 11.0. The number of rotatable bonds is 4. The van der Waals surface area contributed by atoms with Crippen molar-refractivity contribution in [1.82, 2.24) is 4.72 Å². The summed E-state index contributed by atoms with van der Waals surface area (Å²) in [5.74, 6) is -0.764. The summed E-state index contributed by atoms with van der Waals surface area (Å²) in [7, 11) is -3.92. The van der Waals surface area contributed by atoms with Gasteiger partial charge in [0.1, 0.15) is 10.4 Å². The van der Waals surface area contributed by atoms with Gasteiger partial charge in [-0.15, -0.1) is 0 Å². The maximum atomic E-state index is 12.3. The van der Waals surface area contributed by atoms with E-state index in [1.807, 2.05) is 0 Å². The third kappa shape index (κ3) is 3.05. The zero-order valence-electron chi connectivity index (χ0n) is 11.4. The zero-order valence-corrected chi connectivity index (χ0v) is 12.3. The molecule has 0 aromatic heterocycles. The minimum atomic E-state index is -3.92. The van der Waals surface area contributed by atoms with Crippen LogP contribution in [0.5, 0.6) is 0 Å². The number of benzene rings is 1. The van der Waals surface area contributed by atoms with Gasteiger partial charge in [0, 0.05) is 0 Å². The SMILES string of the molecule is Cc1ccc(N)c(S(=O)(=O)NC(C)(C)C(N)=O)c1C. The van der Waals surface area contributed by atoms with Crippen molar-refractivity contribution in [2.75, 3.05) is 5.73 Å². The molecule has 1 aromatic rings. The molecule has 0 aliphatic carbocycles. The number of amides is 1. The average Bonchev–Trinajstić information content (AvgIpc) is 2.22. The van der Waals surface area contributed by atoms with Crippen LogP contribution in [0.25, 0.3) is 0 Å². The number of sulfonamides is 1. The fraction of sp³-hybridized carbons (Fsp3) is 0.417. The summed E-state index contributed by atoms with van der Waals surface area (Å²) in [4.78, 5) is 11.2. The second-order valence-corrected chi connectivity index (χ2v) is 6.64. The highest BCUT2D eigenvalue weighted by Crippen LogP contribution is 2.26. The molecule has 0 spiro atoms. The van der Waals surface area contributed by atoms with Crippen LogP contribution in [0.2, 0.25) is 0 Å². The molecule has 6 nitrogen and oxygen atoms in total. The number of hydrogen-bond acceptors (Lipinski definition) is 4. The first-order valence-electron chi connectivity index (χ1n) is 5.68. The molecule has 5 N–H and O–H groups in total. The lowest BCUT2D eigenvalue weighted by atomic mass is 10.1. The summed E-state index contributed by atoms with van der Waals surface area (Å²) in [6.45, 7) is 6.24. The van der Waals surface area contributed by atoms with Crippen LogP contribution in [0.3, 0.4) is 0 Å². The van der Waals surface area contributed by atoms with Gasteiger partial charge in [-0.25, -0.2) is 8.42 Å². The number of carbonyl (C=O) groups is 1. The van der Waals surface area contributed by atoms with Crippen LogP contribution in [0.15, 0.2) is 17.0 Å². The summed E-state index contributed by atoms with van der Waals surface area (Å²) in [5, 5.41) is 0. The molecule has 106 valence electrons. The number of nitrogens with one attached hydrogen (secondary N) is 1. The molecule has 19 heavy (non-hydrogen) atoms. The molecule has 0 atom stereocenters. The standard InChI is InChI=1S/C12H19N3O3S/c1-7-5-6-9(13)10(8(7)2)19(17,18)15-12(3,4)11(14)16/h5-6,15H,13H2,1-4H3,(H2,14,16). The molecule has 1 amide bonds. The van der Waals surface area contributed by atoms with Crippen molar-refractivity contribution in [3.8, 4) is 0 Å². The van der Waals surface area contributed by atoms with E-state index in [9.17, 15) is 13.2 Å². The Kier molecular flexibility index (Phi) is 3.92. The smallest absolute Gasteiger partial charge is 0.243 e. The van der Waals surface area contributed by atoms with Crippen molar-refractivity contribution in [3.63, 3.8) is 0 Å². The average molecular weight is 285 g/mol. The van der Waals surface area contributed by atoms with Crippen LogP contribution in [-0.4, -0.2) is 19.9 Å². The lowest BCUT2D eigenvalue weighted by molar-refractivity contribution is -0.122. The summed E-state index contributed by atoms with van der Waals surface area (Å²) in [6, 6.07) is 3.26. The zero-order chi connectivity index (χ0) is 15.0. The number of primary amides is 1. The van der Waals surface area contributed by atoms with E-state index in [1.54, 1.807) is 19.9 Å². The monoisotopic (exact) mass is 285 g/mol. The van der Waals surface area contributed by atoms with E-state index in [2.05, 4.69) is 4.72 Å². The Morgan fingerprint density at radius 2 is 1.79 bits per heavy atom. The van der Waals surface area contributed by atoms with E-state index in [0.29, 0.717) is 5.56 Å². The molecule has 0 fully saturated rings. The number of nitrogens with two attached hydrogens (primary N) is 2. The maximum Gasteiger partial charge on any atom is 0.243 e. The van der Waals surface area contributed by atoms with E-state index >= 15 is 0 Å². The molecule has 0 heterocycles. The van der Waals surface area contributed by atoms with Crippen molar-refractivity contribution >= 4 is 21.6 Å². The molecule has 0 unspecified atom stereocenters. The van der Waals surface area contributed by atoms with E-state index in [0.717, 1.165) is 5.56 Å². The second kappa shape index (κ2) is 4.82. The predicted molar refractivity (Wildman–Crippen MR) is 73.9 cm³/mol. The Morgan fingerprint density at radius 3 is 2.26 bits per heavy atom. The number of nitrogen functional groups attached to an aromatic ring is 1. The van der Waals surface area contributed by atoms with Crippen LogP contribution in [0.4, 0.5) is 5.69 Å². The first kappa shape index (κ1) is 15.5. The van der Waals surface area contributed by atoms with Crippen LogP contribution in [-0.2, 0) is 14.8 Å². The number of hydrogen-bond donors (Lipinski definition) is 3. The van der Waals surface area contributed by atoms with Crippen molar-refractivity contribution in [3.05, 3.63) is 23.3 Å². The van der Waals surface area contributed by atoms with Gasteiger partial charge in [-0.1, -0.05) is 6.07 Å². The lowest BCUT2D eigenvalue weighted by Gasteiger charge is -2.23. The highest BCUT2D eigenvalue weighted by molar-refractivity contribution is 7.89. The van der Waals surface area contributed by atoms with Crippen LogP contribution in [0, 0.1) is 13.8 Å². The molecule has 0 aliphatic heterocycles. The van der Waals surface area contributed by atoms with E-state index in [-0.39, 0.29) is 10.6 Å². The first-order valence-corrected chi connectivity index (χ1v) is 7.17. The van der Waals surface area contributed by atoms with E-state index in [4.69, 9.17) is 11.5 Å². The highest BCUT2D eigenvalue weighted by atomic mass is 32.2. The van der Waals surface area contributed by atoms with Crippen LogP contribution in [0.1, 0.15) is 25.0 Å². The molecule has 0 bridgehead atoms. The van der Waals surface area contributed by atoms with E-state index < -0.39 is 21.5 Å². The predicted octanol–water partition coefficient (Wildman–Crippen LogP) is 0.428. The normalized spacial score (nSPS) is 12.4. The van der Waals surface area contributed by atoms with Crippen LogP contribution >= 0.6 is 0 Å². The Labute approximate surface area is 113 Å². The molecule has 0 aliphatic rings. The maximum absolute atomic E-state index is 12.3. The summed E-state index contributed by atoms with van der Waals surface area (Å²) >= 11 is 0. The van der Waals surface area contributed by atoms with Gasteiger partial charge in [0.15, 0.2) is 0 Å². The van der Waals surface area contributed by atoms with Gasteiger partial charge in [0.2, 0.25) is 15.9 Å². The van der Waals surface area contributed by atoms with Gasteiger partial charge in [-0.3, -0.25) is 4.79 Å². The first-order chi connectivity index (χ1) is 8.49. The van der Waals surface area contributed by atoms with Crippen molar-refractivity contribution in [1.29, 1.82) is 0 Å².